The van der Waals surface area contributed by atoms with Crippen LogP contribution in [0.1, 0.15) is 39.4 Å². The van der Waals surface area contributed by atoms with Crippen LogP contribution in [0.5, 0.6) is 0 Å². The number of likely N-dealkylation sites (N-methyl/N-ethyl adjacent to an activating group) is 1. The molecule has 0 aromatic carbocycles. The molecule has 0 aliphatic carbocycles. The molecule has 3 nitrogen and oxygen atoms in total. The number of nitrogens with one attached hydrogen (secondary N) is 1. The lowest BCUT2D eigenvalue weighted by Gasteiger charge is -2.43. The molecule has 0 spiro atoms. The summed E-state index contributed by atoms with van der Waals surface area (Å²) in [6, 6.07) is 4.43. The number of furan rings is 1. The van der Waals surface area contributed by atoms with Crippen molar-refractivity contribution in [1.82, 2.24) is 10.2 Å². The minimum atomic E-state index is 0.141. The Labute approximate surface area is 112 Å². The average molecular weight is 252 g/mol. The second kappa shape index (κ2) is 6.95. The highest BCUT2D eigenvalue weighted by atomic mass is 16.3. The molecule has 1 heterocycles. The Bertz CT molecular complexity index is 321. The molecule has 0 radical (unpaired) electrons. The minimum Gasteiger partial charge on any atom is -0.469 e. The summed E-state index contributed by atoms with van der Waals surface area (Å²) in [6.07, 6.45) is 4.96. The molecule has 0 amide bonds. The van der Waals surface area contributed by atoms with E-state index in [-0.39, 0.29) is 5.54 Å². The van der Waals surface area contributed by atoms with Crippen LogP contribution in [0, 0.1) is 0 Å². The summed E-state index contributed by atoms with van der Waals surface area (Å²) in [4.78, 5) is 2.32. The molecule has 1 rings (SSSR count). The van der Waals surface area contributed by atoms with Crippen molar-refractivity contribution in [3.8, 4) is 0 Å². The normalized spacial score (nSPS) is 16.8. The molecule has 104 valence electrons. The molecule has 1 aromatic rings. The van der Waals surface area contributed by atoms with Gasteiger partial charge in [-0.1, -0.05) is 13.8 Å². The highest BCUT2D eigenvalue weighted by Gasteiger charge is 2.34. The zero-order valence-electron chi connectivity index (χ0n) is 12.5. The first kappa shape index (κ1) is 15.3. The molecule has 0 aliphatic heterocycles. The molecule has 0 fully saturated rings. The lowest BCUT2D eigenvalue weighted by atomic mass is 9.85. The molecule has 3 heteroatoms. The Morgan fingerprint density at radius 3 is 2.56 bits per heavy atom. The van der Waals surface area contributed by atoms with E-state index in [1.807, 2.05) is 6.07 Å². The molecule has 18 heavy (non-hydrogen) atoms. The van der Waals surface area contributed by atoms with Gasteiger partial charge in [0.05, 0.1) is 6.26 Å². The summed E-state index contributed by atoms with van der Waals surface area (Å²) in [5.41, 5.74) is 0.141. The zero-order chi connectivity index (χ0) is 13.6. The number of nitrogens with zero attached hydrogens (tertiary/aromatic N) is 1. The topological polar surface area (TPSA) is 28.4 Å². The smallest absolute Gasteiger partial charge is 0.105 e. The van der Waals surface area contributed by atoms with E-state index >= 15 is 0 Å². The summed E-state index contributed by atoms with van der Waals surface area (Å²) in [5, 5.41) is 3.68. The zero-order valence-corrected chi connectivity index (χ0v) is 12.5. The van der Waals surface area contributed by atoms with Gasteiger partial charge in [-0.05, 0) is 52.5 Å². The Hall–Kier alpha value is -0.800. The van der Waals surface area contributed by atoms with Crippen LogP contribution < -0.4 is 5.32 Å². The van der Waals surface area contributed by atoms with Gasteiger partial charge in [-0.25, -0.2) is 0 Å². The first-order valence-corrected chi connectivity index (χ1v) is 6.97. The Morgan fingerprint density at radius 2 is 2.11 bits per heavy atom. The minimum absolute atomic E-state index is 0.141. The fourth-order valence-corrected chi connectivity index (χ4v) is 2.33. The van der Waals surface area contributed by atoms with Crippen LogP contribution in [0.15, 0.2) is 22.8 Å². The predicted molar refractivity (Wildman–Crippen MR) is 76.9 cm³/mol. The van der Waals surface area contributed by atoms with Crippen LogP contribution in [0.4, 0.5) is 0 Å². The van der Waals surface area contributed by atoms with Crippen LogP contribution in [-0.4, -0.2) is 37.1 Å². The molecule has 1 N–H and O–H groups in total. The van der Waals surface area contributed by atoms with Gasteiger partial charge in [-0.15, -0.1) is 0 Å². The van der Waals surface area contributed by atoms with Crippen LogP contribution in [-0.2, 0) is 6.42 Å². The first-order valence-electron chi connectivity index (χ1n) is 6.97. The second-order valence-electron chi connectivity index (χ2n) is 5.40. The SMILES string of the molecule is CCCNC(Cc1ccco1)C(C)(CC)N(C)C. The molecule has 2 atom stereocenters. The summed E-state index contributed by atoms with van der Waals surface area (Å²) in [6.45, 7) is 7.83. The van der Waals surface area contributed by atoms with Crippen molar-refractivity contribution in [2.45, 2.75) is 51.6 Å². The maximum Gasteiger partial charge on any atom is 0.105 e. The van der Waals surface area contributed by atoms with Crippen LogP contribution in [0.2, 0.25) is 0 Å². The van der Waals surface area contributed by atoms with Gasteiger partial charge in [-0.2, -0.15) is 0 Å². The molecule has 1 aromatic heterocycles. The van der Waals surface area contributed by atoms with E-state index in [0.717, 1.165) is 31.6 Å². The number of hydrogen-bond acceptors (Lipinski definition) is 3. The fraction of sp³-hybridized carbons (Fsp3) is 0.733. The number of hydrogen-bond donors (Lipinski definition) is 1. The van der Waals surface area contributed by atoms with E-state index in [9.17, 15) is 0 Å². The Balaban J connectivity index is 2.82. The van der Waals surface area contributed by atoms with Crippen LogP contribution >= 0.6 is 0 Å². The van der Waals surface area contributed by atoms with Gasteiger partial charge in [0.1, 0.15) is 5.76 Å². The van der Waals surface area contributed by atoms with Gasteiger partial charge in [0.15, 0.2) is 0 Å². The maximum atomic E-state index is 5.50. The van der Waals surface area contributed by atoms with Gasteiger partial charge in [-0.3, -0.25) is 0 Å². The fourth-order valence-electron chi connectivity index (χ4n) is 2.33. The van der Waals surface area contributed by atoms with Crippen molar-refractivity contribution in [1.29, 1.82) is 0 Å². The van der Waals surface area contributed by atoms with Crippen molar-refractivity contribution < 1.29 is 4.42 Å². The molecular formula is C15H28N2O. The molecular weight excluding hydrogens is 224 g/mol. The van der Waals surface area contributed by atoms with Gasteiger partial charge in [0.25, 0.3) is 0 Å². The summed E-state index contributed by atoms with van der Waals surface area (Å²) >= 11 is 0. The van der Waals surface area contributed by atoms with Gasteiger partial charge in [0, 0.05) is 18.0 Å². The van der Waals surface area contributed by atoms with E-state index < -0.39 is 0 Å². The van der Waals surface area contributed by atoms with Crippen molar-refractivity contribution in [2.75, 3.05) is 20.6 Å². The average Bonchev–Trinajstić information content (AvgIpc) is 2.86. The molecule has 2 unspecified atom stereocenters. The summed E-state index contributed by atoms with van der Waals surface area (Å²) < 4.78 is 5.50. The largest absolute Gasteiger partial charge is 0.469 e. The van der Waals surface area contributed by atoms with Gasteiger partial charge >= 0.3 is 0 Å². The van der Waals surface area contributed by atoms with Crippen molar-refractivity contribution in [2.24, 2.45) is 0 Å². The monoisotopic (exact) mass is 252 g/mol. The first-order chi connectivity index (χ1) is 8.54. The maximum absolute atomic E-state index is 5.50. The van der Waals surface area contributed by atoms with E-state index in [2.05, 4.69) is 51.1 Å². The Kier molecular flexibility index (Phi) is 5.89. The van der Waals surface area contributed by atoms with Crippen LogP contribution in [0.3, 0.4) is 0 Å². The lowest BCUT2D eigenvalue weighted by molar-refractivity contribution is 0.109. The van der Waals surface area contributed by atoms with E-state index in [4.69, 9.17) is 4.42 Å². The standard InChI is InChI=1S/C15H28N2O/c1-6-10-16-14(12-13-9-8-11-18-13)15(3,7-2)17(4)5/h8-9,11,14,16H,6-7,10,12H2,1-5H3. The summed E-state index contributed by atoms with van der Waals surface area (Å²) in [7, 11) is 4.32. The Morgan fingerprint density at radius 1 is 1.39 bits per heavy atom. The van der Waals surface area contributed by atoms with Crippen molar-refractivity contribution in [3.63, 3.8) is 0 Å². The third kappa shape index (κ3) is 3.59. The predicted octanol–water partition coefficient (Wildman–Crippen LogP) is 2.92. The quantitative estimate of drug-likeness (QED) is 0.771. The van der Waals surface area contributed by atoms with E-state index in [1.165, 1.54) is 0 Å². The molecule has 0 bridgehead atoms. The third-order valence-electron chi connectivity index (χ3n) is 4.11. The molecule has 0 saturated heterocycles. The van der Waals surface area contributed by atoms with Crippen LogP contribution in [0.25, 0.3) is 0 Å². The lowest BCUT2D eigenvalue weighted by Crippen LogP contribution is -2.57. The highest BCUT2D eigenvalue weighted by Crippen LogP contribution is 2.24. The van der Waals surface area contributed by atoms with Gasteiger partial charge < -0.3 is 14.6 Å². The second-order valence-corrected chi connectivity index (χ2v) is 5.40. The van der Waals surface area contributed by atoms with Crippen molar-refractivity contribution in [3.05, 3.63) is 24.2 Å². The highest BCUT2D eigenvalue weighted by molar-refractivity contribution is 5.05. The van der Waals surface area contributed by atoms with E-state index in [0.29, 0.717) is 6.04 Å². The molecule has 0 saturated carbocycles. The summed E-state index contributed by atoms with van der Waals surface area (Å²) in [5.74, 6) is 1.06. The third-order valence-corrected chi connectivity index (χ3v) is 4.11. The van der Waals surface area contributed by atoms with E-state index in [1.54, 1.807) is 6.26 Å². The van der Waals surface area contributed by atoms with Crippen molar-refractivity contribution >= 4 is 0 Å². The van der Waals surface area contributed by atoms with Gasteiger partial charge in [0.2, 0.25) is 0 Å². The number of rotatable bonds is 8. The molecule has 0 aliphatic rings.